The van der Waals surface area contributed by atoms with E-state index in [9.17, 15) is 4.79 Å². The smallest absolute Gasteiger partial charge is 0.235 e. The van der Waals surface area contributed by atoms with Crippen LogP contribution < -0.4 is 9.47 Å². The van der Waals surface area contributed by atoms with E-state index in [1.54, 1.807) is 32.1 Å². The third-order valence-corrected chi connectivity index (χ3v) is 4.69. The molecule has 0 spiro atoms. The molecule has 0 bridgehead atoms. The van der Waals surface area contributed by atoms with Gasteiger partial charge in [-0.15, -0.1) is 11.8 Å². The van der Waals surface area contributed by atoms with Crippen LogP contribution in [0.5, 0.6) is 11.5 Å². The van der Waals surface area contributed by atoms with Crippen molar-refractivity contribution in [3.05, 3.63) is 17.7 Å². The van der Waals surface area contributed by atoms with Crippen LogP contribution in [0.15, 0.2) is 22.0 Å². The fourth-order valence-corrected chi connectivity index (χ4v) is 3.69. The molecule has 2 rings (SSSR count). The lowest BCUT2D eigenvalue weighted by atomic mass is 9.88. The minimum atomic E-state index is -0.482. The average Bonchev–Trinajstić information content (AvgIpc) is 2.95. The zero-order chi connectivity index (χ0) is 14.6. The second-order valence-corrected chi connectivity index (χ2v) is 5.64. The second-order valence-electron chi connectivity index (χ2n) is 4.82. The van der Waals surface area contributed by atoms with Crippen molar-refractivity contribution in [2.24, 2.45) is 4.99 Å². The lowest BCUT2D eigenvalue weighted by Crippen LogP contribution is -2.20. The Morgan fingerprint density at radius 2 is 1.95 bits per heavy atom. The normalized spacial score (nSPS) is 16.6. The predicted molar refractivity (Wildman–Crippen MR) is 79.6 cm³/mol. The van der Waals surface area contributed by atoms with Gasteiger partial charge in [-0.05, 0) is 31.2 Å². The molecule has 108 valence electrons. The molecule has 0 saturated heterocycles. The lowest BCUT2D eigenvalue weighted by molar-refractivity contribution is 0.355. The number of hydrogen-bond donors (Lipinski definition) is 0. The molecule has 1 aliphatic carbocycles. The van der Waals surface area contributed by atoms with Crippen molar-refractivity contribution in [2.45, 2.75) is 36.1 Å². The Morgan fingerprint density at radius 3 is 2.45 bits per heavy atom. The van der Waals surface area contributed by atoms with Gasteiger partial charge in [0.15, 0.2) is 0 Å². The van der Waals surface area contributed by atoms with Crippen LogP contribution in [-0.4, -0.2) is 26.6 Å². The summed E-state index contributed by atoms with van der Waals surface area (Å²) in [5.41, 5.74) is 0.482. The number of carbonyl (C=O) groups excluding carboxylic acids is 1. The summed E-state index contributed by atoms with van der Waals surface area (Å²) in [5.74, 6) is 1.54. The fraction of sp³-hybridized carbons (Fsp3) is 0.533. The highest BCUT2D eigenvalue weighted by molar-refractivity contribution is 7.98. The molecule has 1 aromatic rings. The maximum Gasteiger partial charge on any atom is 0.235 e. The summed E-state index contributed by atoms with van der Waals surface area (Å²) in [6, 6.07) is 3.88. The zero-order valence-corrected chi connectivity index (χ0v) is 12.9. The first-order chi connectivity index (χ1) is 9.72. The Labute approximate surface area is 123 Å². The molecule has 1 aromatic carbocycles. The van der Waals surface area contributed by atoms with Gasteiger partial charge in [0.05, 0.1) is 19.1 Å². The van der Waals surface area contributed by atoms with Gasteiger partial charge < -0.3 is 9.47 Å². The van der Waals surface area contributed by atoms with E-state index in [0.717, 1.165) is 47.6 Å². The summed E-state index contributed by atoms with van der Waals surface area (Å²) in [7, 11) is 3.29. The summed E-state index contributed by atoms with van der Waals surface area (Å²) < 4.78 is 11.0. The molecule has 0 heterocycles. The minimum Gasteiger partial charge on any atom is -0.495 e. The van der Waals surface area contributed by atoms with Gasteiger partial charge in [-0.3, -0.25) is 0 Å². The van der Waals surface area contributed by atoms with E-state index >= 15 is 0 Å². The van der Waals surface area contributed by atoms with E-state index in [0.29, 0.717) is 0 Å². The van der Waals surface area contributed by atoms with Crippen molar-refractivity contribution in [1.29, 1.82) is 0 Å². The molecule has 5 heteroatoms. The molecule has 1 fully saturated rings. The number of aliphatic imine (C=N–C) groups is 1. The first kappa shape index (κ1) is 14.9. The fourth-order valence-electron chi connectivity index (χ4n) is 2.96. The van der Waals surface area contributed by atoms with E-state index in [1.807, 2.05) is 18.4 Å². The summed E-state index contributed by atoms with van der Waals surface area (Å²) in [6.45, 7) is 0. The van der Waals surface area contributed by atoms with Gasteiger partial charge in [0.1, 0.15) is 17.0 Å². The third kappa shape index (κ3) is 2.43. The summed E-state index contributed by atoms with van der Waals surface area (Å²) in [5, 5.41) is 0. The minimum absolute atomic E-state index is 0.482. The van der Waals surface area contributed by atoms with E-state index in [4.69, 9.17) is 9.47 Å². The molecule has 0 aliphatic heterocycles. The SMILES string of the molecule is COc1ccc(C2(N=C=O)CCCC2)c(OC)c1SC. The number of methoxy groups -OCH3 is 2. The van der Waals surface area contributed by atoms with Crippen molar-refractivity contribution >= 4 is 17.8 Å². The van der Waals surface area contributed by atoms with E-state index in [1.165, 1.54) is 0 Å². The van der Waals surface area contributed by atoms with Crippen molar-refractivity contribution in [2.75, 3.05) is 20.5 Å². The molecule has 1 aliphatic rings. The van der Waals surface area contributed by atoms with Crippen LogP contribution in [0, 0.1) is 0 Å². The topological polar surface area (TPSA) is 47.9 Å². The molecule has 0 radical (unpaired) electrons. The first-order valence-corrected chi connectivity index (χ1v) is 7.83. The monoisotopic (exact) mass is 293 g/mol. The maximum atomic E-state index is 10.9. The molecule has 0 unspecified atom stereocenters. The molecule has 20 heavy (non-hydrogen) atoms. The van der Waals surface area contributed by atoms with Crippen LogP contribution >= 0.6 is 11.8 Å². The number of benzene rings is 1. The molecular formula is C15H19NO3S. The van der Waals surface area contributed by atoms with Gasteiger partial charge in [0.2, 0.25) is 6.08 Å². The van der Waals surface area contributed by atoms with E-state index in [-0.39, 0.29) is 0 Å². The molecule has 0 N–H and O–H groups in total. The highest BCUT2D eigenvalue weighted by atomic mass is 32.2. The second kappa shape index (κ2) is 6.33. The van der Waals surface area contributed by atoms with Crippen LogP contribution in [0.4, 0.5) is 0 Å². The van der Waals surface area contributed by atoms with Crippen molar-refractivity contribution in [3.8, 4) is 11.5 Å². The predicted octanol–water partition coefficient (Wildman–Crippen LogP) is 3.53. The van der Waals surface area contributed by atoms with Crippen LogP contribution in [0.1, 0.15) is 31.2 Å². The van der Waals surface area contributed by atoms with Crippen LogP contribution in [0.2, 0.25) is 0 Å². The zero-order valence-electron chi connectivity index (χ0n) is 12.1. The Hall–Kier alpha value is -1.45. The van der Waals surface area contributed by atoms with Crippen LogP contribution in [0.3, 0.4) is 0 Å². The highest BCUT2D eigenvalue weighted by Crippen LogP contribution is 2.50. The maximum absolute atomic E-state index is 10.9. The Kier molecular flexibility index (Phi) is 4.73. The highest BCUT2D eigenvalue weighted by Gasteiger charge is 2.39. The first-order valence-electron chi connectivity index (χ1n) is 6.61. The Bertz CT molecular complexity index is 532. The van der Waals surface area contributed by atoms with Crippen LogP contribution in [0.25, 0.3) is 0 Å². The number of hydrogen-bond acceptors (Lipinski definition) is 5. The molecule has 0 aromatic heterocycles. The molecule has 0 atom stereocenters. The van der Waals surface area contributed by atoms with Gasteiger partial charge in [-0.2, -0.15) is 4.99 Å². The number of rotatable bonds is 5. The van der Waals surface area contributed by atoms with Crippen molar-refractivity contribution in [1.82, 2.24) is 0 Å². The largest absolute Gasteiger partial charge is 0.495 e. The molecule has 4 nitrogen and oxygen atoms in total. The number of isocyanates is 1. The third-order valence-electron chi connectivity index (χ3n) is 3.90. The van der Waals surface area contributed by atoms with Gasteiger partial charge in [0.25, 0.3) is 0 Å². The summed E-state index contributed by atoms with van der Waals surface area (Å²) >= 11 is 1.57. The van der Waals surface area contributed by atoms with Crippen LogP contribution in [-0.2, 0) is 10.3 Å². The molecule has 1 saturated carbocycles. The number of nitrogens with zero attached hydrogens (tertiary/aromatic N) is 1. The molecular weight excluding hydrogens is 274 g/mol. The van der Waals surface area contributed by atoms with Gasteiger partial charge in [-0.25, -0.2) is 4.79 Å². The number of ether oxygens (including phenoxy) is 2. The van der Waals surface area contributed by atoms with Gasteiger partial charge in [0, 0.05) is 5.56 Å². The quantitative estimate of drug-likeness (QED) is 0.473. The standard InChI is InChI=1S/C15H19NO3S/c1-18-12-7-6-11(13(19-2)14(12)20-3)15(16-10-17)8-4-5-9-15/h6-7H,4-5,8-9H2,1-3H3. The summed E-state index contributed by atoms with van der Waals surface area (Å²) in [4.78, 5) is 15.9. The van der Waals surface area contributed by atoms with E-state index < -0.39 is 5.54 Å². The van der Waals surface area contributed by atoms with Gasteiger partial charge in [-0.1, -0.05) is 12.8 Å². The summed E-state index contributed by atoms with van der Waals surface area (Å²) in [6.07, 6.45) is 7.58. The van der Waals surface area contributed by atoms with E-state index in [2.05, 4.69) is 4.99 Å². The lowest BCUT2D eigenvalue weighted by Gasteiger charge is -2.26. The van der Waals surface area contributed by atoms with Crippen molar-refractivity contribution in [3.63, 3.8) is 0 Å². The van der Waals surface area contributed by atoms with Gasteiger partial charge >= 0.3 is 0 Å². The number of thioether (sulfide) groups is 1. The molecule has 0 amide bonds. The average molecular weight is 293 g/mol. The van der Waals surface area contributed by atoms with Crippen molar-refractivity contribution < 1.29 is 14.3 Å². The Morgan fingerprint density at radius 1 is 1.25 bits per heavy atom. The Balaban J connectivity index is 2.64.